The van der Waals surface area contributed by atoms with Crippen molar-refractivity contribution in [1.29, 1.82) is 0 Å². The van der Waals surface area contributed by atoms with Crippen molar-refractivity contribution in [1.82, 2.24) is 14.5 Å². The fourth-order valence-corrected chi connectivity index (χ4v) is 4.59. The Kier molecular flexibility index (Phi) is 7.01. The van der Waals surface area contributed by atoms with Crippen LogP contribution in [0.1, 0.15) is 64.2 Å². The zero-order valence-electron chi connectivity index (χ0n) is 20.1. The molecule has 2 heterocycles. The molecule has 35 heavy (non-hydrogen) atoms. The molecule has 2 unspecified atom stereocenters. The van der Waals surface area contributed by atoms with Crippen molar-refractivity contribution >= 4 is 5.91 Å². The van der Waals surface area contributed by atoms with E-state index in [4.69, 9.17) is 0 Å². The molecular weight excluding hydrogens is 458 g/mol. The average molecular weight is 488 g/mol. The quantitative estimate of drug-likeness (QED) is 0.390. The number of aromatic nitrogens is 2. The summed E-state index contributed by atoms with van der Waals surface area (Å²) in [6, 6.07) is 10.3. The highest BCUT2D eigenvalue weighted by Gasteiger charge is 2.30. The fourth-order valence-electron chi connectivity index (χ4n) is 4.59. The summed E-state index contributed by atoms with van der Waals surface area (Å²) in [6.07, 6.45) is -0.0359. The minimum Gasteiger partial charge on any atom is -0.338 e. The van der Waals surface area contributed by atoms with E-state index in [1.54, 1.807) is 31.1 Å². The molecule has 0 radical (unpaired) electrons. The summed E-state index contributed by atoms with van der Waals surface area (Å²) in [5, 5.41) is 0. The number of benzene rings is 2. The van der Waals surface area contributed by atoms with Crippen molar-refractivity contribution in [3.05, 3.63) is 88.3 Å². The largest absolute Gasteiger partial charge is 0.416 e. The number of halogens is 4. The first-order valence-corrected chi connectivity index (χ1v) is 11.8. The van der Waals surface area contributed by atoms with Gasteiger partial charge in [-0.15, -0.1) is 0 Å². The molecule has 0 bridgehead atoms. The van der Waals surface area contributed by atoms with Gasteiger partial charge < -0.3 is 9.47 Å². The lowest BCUT2D eigenvalue weighted by Gasteiger charge is -2.24. The molecule has 2 aromatic carbocycles. The molecule has 0 saturated carbocycles. The molecular formula is C27H29F4N3O. The van der Waals surface area contributed by atoms with Crippen molar-refractivity contribution in [2.45, 2.75) is 64.2 Å². The van der Waals surface area contributed by atoms with Crippen LogP contribution < -0.4 is 0 Å². The molecule has 3 aromatic rings. The van der Waals surface area contributed by atoms with E-state index in [1.807, 2.05) is 23.6 Å². The zero-order valence-corrected chi connectivity index (χ0v) is 20.1. The van der Waals surface area contributed by atoms with Crippen molar-refractivity contribution in [2.75, 3.05) is 7.05 Å². The Morgan fingerprint density at radius 1 is 1.23 bits per heavy atom. The molecule has 2 atom stereocenters. The van der Waals surface area contributed by atoms with E-state index >= 15 is 0 Å². The number of alkyl halides is 3. The number of aryl methyl sites for hydroxylation is 3. The van der Waals surface area contributed by atoms with Crippen LogP contribution in [0.25, 0.3) is 0 Å². The van der Waals surface area contributed by atoms with Crippen LogP contribution in [-0.4, -0.2) is 33.4 Å². The maximum absolute atomic E-state index is 13.7. The Bertz CT molecular complexity index is 1220. The van der Waals surface area contributed by atoms with Gasteiger partial charge in [0.05, 0.1) is 5.56 Å². The molecule has 4 rings (SSSR count). The predicted octanol–water partition coefficient (Wildman–Crippen LogP) is 6.17. The maximum atomic E-state index is 13.7. The Balaban J connectivity index is 1.39. The van der Waals surface area contributed by atoms with Gasteiger partial charge in [0.2, 0.25) is 0 Å². The van der Waals surface area contributed by atoms with Crippen molar-refractivity contribution < 1.29 is 22.4 Å². The van der Waals surface area contributed by atoms with Gasteiger partial charge in [0, 0.05) is 38.2 Å². The number of carbonyl (C=O) groups excluding carboxylic acids is 1. The normalized spacial score (nSPS) is 16.6. The lowest BCUT2D eigenvalue weighted by Crippen LogP contribution is -2.35. The van der Waals surface area contributed by atoms with Crippen LogP contribution in [0.5, 0.6) is 0 Å². The first-order valence-electron chi connectivity index (χ1n) is 11.8. The predicted molar refractivity (Wildman–Crippen MR) is 126 cm³/mol. The minimum absolute atomic E-state index is 0.175. The first kappa shape index (κ1) is 24.9. The van der Waals surface area contributed by atoms with Gasteiger partial charge in [0.15, 0.2) is 0 Å². The highest BCUT2D eigenvalue weighted by molar-refractivity contribution is 5.92. The van der Waals surface area contributed by atoms with Gasteiger partial charge in [-0.1, -0.05) is 30.3 Å². The molecule has 0 saturated heterocycles. The SMILES string of the molecule is Cc1cc(C2CCc3nc(C(=O)N(C)C(C)CCc4cccc(C(F)(F)F)c4)cn3C2)ccc1F. The van der Waals surface area contributed by atoms with Crippen LogP contribution >= 0.6 is 0 Å². The third-order valence-electron chi connectivity index (χ3n) is 6.95. The van der Waals surface area contributed by atoms with Crippen LogP contribution in [-0.2, 0) is 25.6 Å². The van der Waals surface area contributed by atoms with E-state index in [0.717, 1.165) is 36.4 Å². The third kappa shape index (κ3) is 5.57. The topological polar surface area (TPSA) is 38.1 Å². The Hall–Kier alpha value is -3.16. The Morgan fingerprint density at radius 2 is 2.00 bits per heavy atom. The van der Waals surface area contributed by atoms with Gasteiger partial charge in [0.25, 0.3) is 5.91 Å². The zero-order chi connectivity index (χ0) is 25.3. The van der Waals surface area contributed by atoms with Crippen molar-refractivity contribution in [2.24, 2.45) is 0 Å². The molecule has 1 aromatic heterocycles. The summed E-state index contributed by atoms with van der Waals surface area (Å²) in [4.78, 5) is 19.3. The van der Waals surface area contributed by atoms with Gasteiger partial charge in [-0.2, -0.15) is 13.2 Å². The summed E-state index contributed by atoms with van der Waals surface area (Å²) >= 11 is 0. The number of hydrogen-bond donors (Lipinski definition) is 0. The first-order chi connectivity index (χ1) is 16.5. The van der Waals surface area contributed by atoms with Crippen LogP contribution in [0.4, 0.5) is 17.6 Å². The van der Waals surface area contributed by atoms with Gasteiger partial charge in [-0.05, 0) is 61.9 Å². The monoisotopic (exact) mass is 487 g/mol. The third-order valence-corrected chi connectivity index (χ3v) is 6.95. The molecule has 1 amide bonds. The smallest absolute Gasteiger partial charge is 0.338 e. The van der Waals surface area contributed by atoms with E-state index in [9.17, 15) is 22.4 Å². The summed E-state index contributed by atoms with van der Waals surface area (Å²) in [5.41, 5.74) is 1.99. The second-order valence-corrected chi connectivity index (χ2v) is 9.44. The molecule has 0 fully saturated rings. The number of amides is 1. The second-order valence-electron chi connectivity index (χ2n) is 9.44. The number of nitrogens with zero attached hydrogens (tertiary/aromatic N) is 3. The van der Waals surface area contributed by atoms with Crippen LogP contribution in [0.2, 0.25) is 0 Å². The van der Waals surface area contributed by atoms with Crippen molar-refractivity contribution in [3.8, 4) is 0 Å². The second kappa shape index (κ2) is 9.84. The Morgan fingerprint density at radius 3 is 2.71 bits per heavy atom. The van der Waals surface area contributed by atoms with Crippen LogP contribution in [0.3, 0.4) is 0 Å². The number of rotatable bonds is 6. The molecule has 0 aliphatic carbocycles. The van der Waals surface area contributed by atoms with Crippen molar-refractivity contribution in [3.63, 3.8) is 0 Å². The summed E-state index contributed by atoms with van der Waals surface area (Å²) in [7, 11) is 1.70. The molecule has 0 spiro atoms. The van der Waals surface area contributed by atoms with Gasteiger partial charge in [-0.25, -0.2) is 9.37 Å². The average Bonchev–Trinajstić information content (AvgIpc) is 3.26. The van der Waals surface area contributed by atoms with Crippen LogP contribution in [0, 0.1) is 12.7 Å². The summed E-state index contributed by atoms with van der Waals surface area (Å²) in [5.74, 6) is 0.653. The fraction of sp³-hybridized carbons (Fsp3) is 0.407. The van der Waals surface area contributed by atoms with E-state index in [1.165, 1.54) is 12.1 Å². The lowest BCUT2D eigenvalue weighted by molar-refractivity contribution is -0.137. The number of carbonyl (C=O) groups is 1. The molecule has 186 valence electrons. The lowest BCUT2D eigenvalue weighted by atomic mass is 9.90. The van der Waals surface area contributed by atoms with E-state index in [-0.39, 0.29) is 23.7 Å². The highest BCUT2D eigenvalue weighted by Crippen LogP contribution is 2.31. The molecule has 1 aliphatic heterocycles. The van der Waals surface area contributed by atoms with E-state index in [0.29, 0.717) is 36.2 Å². The number of fused-ring (bicyclic) bond motifs is 1. The van der Waals surface area contributed by atoms with Crippen LogP contribution in [0.15, 0.2) is 48.7 Å². The number of imidazole rings is 1. The standard InChI is InChI=1S/C27H29F4N3O/c1-17-13-20(9-11-23(17)28)21-10-12-25-32-24(16-34(25)15-21)26(35)33(3)18(2)7-8-19-5-4-6-22(14-19)27(29,30)31/h4-6,9,11,13-14,16,18,21H,7-8,10,12,15H2,1-3H3. The number of hydrogen-bond acceptors (Lipinski definition) is 2. The molecule has 1 aliphatic rings. The van der Waals surface area contributed by atoms with Gasteiger partial charge in [0.1, 0.15) is 17.3 Å². The van der Waals surface area contributed by atoms with E-state index < -0.39 is 11.7 Å². The van der Waals surface area contributed by atoms with Gasteiger partial charge >= 0.3 is 6.18 Å². The minimum atomic E-state index is -4.37. The summed E-state index contributed by atoms with van der Waals surface area (Å²) < 4.78 is 54.5. The highest BCUT2D eigenvalue weighted by atomic mass is 19.4. The van der Waals surface area contributed by atoms with E-state index in [2.05, 4.69) is 4.98 Å². The maximum Gasteiger partial charge on any atom is 0.416 e. The Labute approximate surface area is 202 Å². The van der Waals surface area contributed by atoms with Gasteiger partial charge in [-0.3, -0.25) is 4.79 Å². The summed E-state index contributed by atoms with van der Waals surface area (Å²) in [6.45, 7) is 4.31. The molecule has 8 heteroatoms. The molecule has 4 nitrogen and oxygen atoms in total. The molecule has 0 N–H and O–H groups in total.